The molecule has 100 heavy (non-hydrogen) atoms. The van der Waals surface area contributed by atoms with Gasteiger partial charge in [-0.2, -0.15) is 0 Å². The molecule has 0 fully saturated rings. The zero-order valence-corrected chi connectivity index (χ0v) is 61.5. The van der Waals surface area contributed by atoms with Gasteiger partial charge in [-0.05, 0) is 154 Å². The zero-order chi connectivity index (χ0) is 71.2. The molecule has 0 unspecified atom stereocenters. The van der Waals surface area contributed by atoms with Crippen molar-refractivity contribution in [2.75, 3.05) is 10.6 Å². The monoisotopic (exact) mass is 1340 g/mol. The number of hydrogen-bond donors (Lipinski definition) is 1. The number of amides is 4. The van der Waals surface area contributed by atoms with E-state index < -0.39 is 23.6 Å². The maximum atomic E-state index is 16.6. The predicted octanol–water partition coefficient (Wildman–Crippen LogP) is 24.7. The molecule has 11 nitrogen and oxygen atoms in total. The van der Waals surface area contributed by atoms with Gasteiger partial charge in [0.15, 0.2) is 0 Å². The Morgan fingerprint density at radius 1 is 0.320 bits per heavy atom. The van der Waals surface area contributed by atoms with E-state index in [9.17, 15) is 0 Å². The number of ether oxygens (including phenoxy) is 4. The Balaban J connectivity index is 1.22. The van der Waals surface area contributed by atoms with Gasteiger partial charge in [0.25, 0.3) is 23.6 Å². The summed E-state index contributed by atoms with van der Waals surface area (Å²) in [5, 5.41) is 3.58. The smallest absolute Gasteiger partial charge is 0.266 e. The third kappa shape index (κ3) is 14.3. The van der Waals surface area contributed by atoms with Gasteiger partial charge in [-0.3, -0.25) is 24.1 Å². The number of rotatable bonds is 26. The molecule has 0 radical (unpaired) electrons. The van der Waals surface area contributed by atoms with Crippen LogP contribution in [0.3, 0.4) is 0 Å². The SMILES string of the molecule is CCCCCCCCCC(CCCCCCCCC)N1C(=O)c2cc(Oc3ccc(C(C)(C)C)cc3)c3c4c(Oc5ccc(C(C)(C)C)cc5)cc5c6c(cc(Oc7ccc(C(C)(C)C)cc7)c(c7c(Oc8ccc(C(C)(C)C)cc8)cc(c2c37)C1=O)c64)C(=O)N(c1ccc(N)cc1)C5=O. The number of carbonyl (C=O) groups excluding carboxylic acids is 4. The van der Waals surface area contributed by atoms with Gasteiger partial charge in [-0.25, -0.2) is 4.90 Å². The van der Waals surface area contributed by atoms with E-state index in [0.29, 0.717) is 113 Å². The molecule has 0 aliphatic carbocycles. The molecule has 10 aromatic carbocycles. The zero-order valence-electron chi connectivity index (χ0n) is 61.5. The van der Waals surface area contributed by atoms with Gasteiger partial charge in [-0.1, -0.05) is 235 Å². The summed E-state index contributed by atoms with van der Waals surface area (Å²) >= 11 is 0. The summed E-state index contributed by atoms with van der Waals surface area (Å²) in [5.41, 5.74) is 11.7. The summed E-state index contributed by atoms with van der Waals surface area (Å²) in [6.07, 6.45) is 16.7. The molecule has 0 spiro atoms. The molecule has 2 aliphatic rings. The van der Waals surface area contributed by atoms with Gasteiger partial charge >= 0.3 is 0 Å². The van der Waals surface area contributed by atoms with Gasteiger partial charge < -0.3 is 24.7 Å². The van der Waals surface area contributed by atoms with Crippen molar-refractivity contribution in [2.45, 2.75) is 227 Å². The summed E-state index contributed by atoms with van der Waals surface area (Å²) in [7, 11) is 0. The topological polar surface area (TPSA) is 138 Å². The summed E-state index contributed by atoms with van der Waals surface area (Å²) < 4.78 is 29.6. The van der Waals surface area contributed by atoms with Crippen molar-refractivity contribution in [1.82, 2.24) is 4.90 Å². The average molecular weight is 1340 g/mol. The number of carbonyl (C=O) groups is 4. The quantitative estimate of drug-likeness (QED) is 0.0185. The average Bonchev–Trinajstić information content (AvgIpc) is 0.670. The molecule has 0 bridgehead atoms. The Kier molecular flexibility index (Phi) is 20.1. The van der Waals surface area contributed by atoms with E-state index in [2.05, 4.69) is 121 Å². The molecule has 2 heterocycles. The number of benzene rings is 10. The van der Waals surface area contributed by atoms with Crippen LogP contribution in [0.25, 0.3) is 43.1 Å². The minimum absolute atomic E-state index is 0.181. The third-order valence-electron chi connectivity index (χ3n) is 20.5. The molecule has 11 heteroatoms. The van der Waals surface area contributed by atoms with E-state index in [1.807, 2.05) is 84.9 Å². The van der Waals surface area contributed by atoms with Crippen molar-refractivity contribution in [3.8, 4) is 46.0 Å². The standard InChI is InChI=1S/C89H101N3O8/c1-15-17-19-21-23-25-27-29-60(30-28-26-24-22-20-18-16-2)91-82(93)66-51-70(97-62-43-31-55(32-44-62)86(3,4)5)76-78-72(99-64-47-35-57(36-48-64)88(9,10)11)53-68-75-69(85(96)92(84(68)95)61-41-39-59(90)40-42-61)54-73(100-65-49-37-58(38-50-65)89(12,13)14)79(81(75)78)77-71(52-67(83(91)94)74(66)80(76)77)98-63-45-33-56(34-46-63)87(6,7)8/h31-54,60H,15-30,90H2,1-14H3. The number of imide groups is 2. The van der Waals surface area contributed by atoms with E-state index in [4.69, 9.17) is 24.7 Å². The van der Waals surface area contributed by atoms with Crippen LogP contribution in [0.4, 0.5) is 11.4 Å². The number of anilines is 2. The number of nitrogens with two attached hydrogens (primary N) is 1. The Labute approximate surface area is 592 Å². The Hall–Kier alpha value is -9.22. The fourth-order valence-corrected chi connectivity index (χ4v) is 14.7. The summed E-state index contributed by atoms with van der Waals surface area (Å²) in [5.74, 6) is 1.07. The molecule has 10 aromatic rings. The van der Waals surface area contributed by atoms with Crippen molar-refractivity contribution >= 4 is 78.1 Å². The predicted molar refractivity (Wildman–Crippen MR) is 410 cm³/mol. The van der Waals surface area contributed by atoms with Crippen LogP contribution in [0.5, 0.6) is 46.0 Å². The highest BCUT2D eigenvalue weighted by atomic mass is 16.5. The highest BCUT2D eigenvalue weighted by Crippen LogP contribution is 2.58. The molecule has 520 valence electrons. The van der Waals surface area contributed by atoms with Gasteiger partial charge in [-0.15, -0.1) is 0 Å². The fourth-order valence-electron chi connectivity index (χ4n) is 14.7. The lowest BCUT2D eigenvalue weighted by Crippen LogP contribution is -2.47. The first-order valence-electron chi connectivity index (χ1n) is 36.8. The molecule has 12 rings (SSSR count). The van der Waals surface area contributed by atoms with Crippen molar-refractivity contribution < 1.29 is 38.1 Å². The van der Waals surface area contributed by atoms with Crippen molar-refractivity contribution in [1.29, 1.82) is 0 Å². The molecule has 0 atom stereocenters. The number of unbranched alkanes of at least 4 members (excludes halogenated alkanes) is 12. The molecule has 2 aliphatic heterocycles. The molecular formula is C89H101N3O8. The Morgan fingerprint density at radius 3 is 0.850 bits per heavy atom. The van der Waals surface area contributed by atoms with Crippen molar-refractivity contribution in [3.63, 3.8) is 0 Å². The highest BCUT2D eigenvalue weighted by molar-refractivity contribution is 6.46. The summed E-state index contributed by atoms with van der Waals surface area (Å²) in [6, 6.07) is 45.4. The second-order valence-electron chi connectivity index (χ2n) is 32.2. The van der Waals surface area contributed by atoms with E-state index >= 15 is 19.2 Å². The van der Waals surface area contributed by atoms with Crippen LogP contribution >= 0.6 is 0 Å². The van der Waals surface area contributed by atoms with Crippen LogP contribution in [-0.4, -0.2) is 34.6 Å². The van der Waals surface area contributed by atoms with Crippen LogP contribution in [0.15, 0.2) is 146 Å². The first kappa shape index (κ1) is 70.6. The number of fused-ring (bicyclic) bond motifs is 2. The second kappa shape index (κ2) is 28.4. The van der Waals surface area contributed by atoms with Crippen LogP contribution in [0.1, 0.15) is 263 Å². The van der Waals surface area contributed by atoms with Gasteiger partial charge in [0.1, 0.15) is 46.0 Å². The summed E-state index contributed by atoms with van der Waals surface area (Å²) in [6.45, 7) is 30.4. The van der Waals surface area contributed by atoms with Gasteiger partial charge in [0.05, 0.1) is 27.9 Å². The van der Waals surface area contributed by atoms with E-state index in [-0.39, 0.29) is 50.3 Å². The summed E-state index contributed by atoms with van der Waals surface area (Å²) in [4.78, 5) is 67.8. The maximum absolute atomic E-state index is 16.6. The third-order valence-corrected chi connectivity index (χ3v) is 20.5. The van der Waals surface area contributed by atoms with Gasteiger partial charge in [0.2, 0.25) is 0 Å². The van der Waals surface area contributed by atoms with E-state index in [1.165, 1.54) is 43.4 Å². The largest absolute Gasteiger partial charge is 0.457 e. The number of nitrogens with zero attached hydrogens (tertiary/aromatic N) is 2. The lowest BCUT2D eigenvalue weighted by atomic mass is 9.80. The first-order chi connectivity index (χ1) is 47.6. The second-order valence-corrected chi connectivity index (χ2v) is 32.2. The molecule has 4 amide bonds. The maximum Gasteiger partial charge on any atom is 0.266 e. The van der Waals surface area contributed by atoms with Crippen molar-refractivity contribution in [3.05, 3.63) is 190 Å². The Morgan fingerprint density at radius 2 is 0.580 bits per heavy atom. The van der Waals surface area contributed by atoms with Crippen LogP contribution < -0.4 is 29.6 Å². The van der Waals surface area contributed by atoms with E-state index in [1.54, 1.807) is 41.3 Å². The van der Waals surface area contributed by atoms with Crippen LogP contribution in [0, 0.1) is 0 Å². The highest BCUT2D eigenvalue weighted by Gasteiger charge is 2.44. The first-order valence-corrected chi connectivity index (χ1v) is 36.8. The number of nitrogen functional groups attached to an aromatic ring is 1. The minimum Gasteiger partial charge on any atom is -0.457 e. The lowest BCUT2D eigenvalue weighted by molar-refractivity contribution is 0.0516. The van der Waals surface area contributed by atoms with E-state index in [0.717, 1.165) is 73.6 Å². The van der Waals surface area contributed by atoms with Crippen LogP contribution in [0.2, 0.25) is 0 Å². The van der Waals surface area contributed by atoms with Crippen LogP contribution in [-0.2, 0) is 21.7 Å². The molecule has 0 saturated carbocycles. The van der Waals surface area contributed by atoms with Gasteiger partial charge in [0, 0.05) is 54.8 Å². The number of hydrogen-bond acceptors (Lipinski definition) is 9. The molecule has 0 saturated heterocycles. The lowest BCUT2D eigenvalue weighted by Gasteiger charge is -2.36. The Bertz CT molecular complexity index is 4410. The molecule has 2 N–H and O–H groups in total. The molecular weight excluding hydrogens is 1240 g/mol. The van der Waals surface area contributed by atoms with Crippen molar-refractivity contribution in [2.24, 2.45) is 0 Å². The molecule has 0 aromatic heterocycles. The minimum atomic E-state index is -0.583. The fraction of sp³-hybridized carbons (Fsp3) is 0.393. The normalized spacial score (nSPS) is 13.7.